The first-order valence-electron chi connectivity index (χ1n) is 8.78. The second kappa shape index (κ2) is 22.4. The lowest BCUT2D eigenvalue weighted by Crippen LogP contribution is -2.34. The molecule has 0 bridgehead atoms. The Hall–Kier alpha value is -0.840. The minimum Gasteiger partial charge on any atom is -0.381 e. The van der Waals surface area contributed by atoms with Crippen molar-refractivity contribution in [2.75, 3.05) is 33.7 Å². The fourth-order valence-electron chi connectivity index (χ4n) is 1.87. The number of nitrogens with zero attached hydrogens (tertiary/aromatic N) is 1. The molecule has 0 fully saturated rings. The van der Waals surface area contributed by atoms with E-state index in [1.165, 1.54) is 38.7 Å². The van der Waals surface area contributed by atoms with Crippen LogP contribution in [0, 0.1) is 0 Å². The molecular formula is C18H42N4. The highest BCUT2D eigenvalue weighted by Crippen LogP contribution is 2.03. The van der Waals surface area contributed by atoms with Gasteiger partial charge in [0.2, 0.25) is 0 Å². The zero-order valence-electron chi connectivity index (χ0n) is 16.2. The molecule has 0 spiro atoms. The van der Waals surface area contributed by atoms with E-state index in [1.54, 1.807) is 0 Å². The SMILES string of the molecule is CC.CCC1=CC=CC(CN)N1.CCCN(C)CCC.CN. The molecule has 0 aromatic rings. The summed E-state index contributed by atoms with van der Waals surface area (Å²) in [7, 11) is 3.67. The zero-order chi connectivity index (χ0) is 17.8. The van der Waals surface area contributed by atoms with E-state index in [0.717, 1.165) is 6.42 Å². The topological polar surface area (TPSA) is 67.3 Å². The van der Waals surface area contributed by atoms with Gasteiger partial charge in [0.1, 0.15) is 0 Å². The molecule has 5 N–H and O–H groups in total. The number of rotatable bonds is 6. The number of hydrogen-bond donors (Lipinski definition) is 3. The molecule has 0 aliphatic carbocycles. The third-order valence-electron chi connectivity index (χ3n) is 2.86. The van der Waals surface area contributed by atoms with Crippen molar-refractivity contribution in [2.45, 2.75) is 59.9 Å². The Morgan fingerprint density at radius 3 is 1.95 bits per heavy atom. The number of nitrogens with two attached hydrogens (primary N) is 2. The van der Waals surface area contributed by atoms with Crippen molar-refractivity contribution in [3.8, 4) is 0 Å². The van der Waals surface area contributed by atoms with Crippen LogP contribution in [0.2, 0.25) is 0 Å². The summed E-state index contributed by atoms with van der Waals surface area (Å²) in [5, 5.41) is 3.30. The molecule has 0 amide bonds. The molecule has 0 saturated carbocycles. The first kappa shape index (κ1) is 26.1. The minimum atomic E-state index is 0.347. The van der Waals surface area contributed by atoms with Crippen LogP contribution in [-0.4, -0.2) is 44.7 Å². The van der Waals surface area contributed by atoms with Gasteiger partial charge in [0.15, 0.2) is 0 Å². The molecule has 1 atom stereocenters. The first-order chi connectivity index (χ1) is 10.7. The molecule has 4 nitrogen and oxygen atoms in total. The van der Waals surface area contributed by atoms with Crippen molar-refractivity contribution in [1.82, 2.24) is 10.2 Å². The third kappa shape index (κ3) is 17.2. The van der Waals surface area contributed by atoms with Crippen LogP contribution >= 0.6 is 0 Å². The van der Waals surface area contributed by atoms with Crippen molar-refractivity contribution in [2.24, 2.45) is 11.5 Å². The van der Waals surface area contributed by atoms with E-state index in [-0.39, 0.29) is 0 Å². The zero-order valence-corrected chi connectivity index (χ0v) is 16.2. The Balaban J connectivity index is -0.000000272. The Bertz CT molecular complexity index is 243. The molecule has 0 aromatic heterocycles. The molecule has 1 rings (SSSR count). The highest BCUT2D eigenvalue weighted by Gasteiger charge is 2.04. The lowest BCUT2D eigenvalue weighted by Gasteiger charge is -2.18. The van der Waals surface area contributed by atoms with E-state index in [0.29, 0.717) is 12.6 Å². The number of hydrogen-bond acceptors (Lipinski definition) is 4. The van der Waals surface area contributed by atoms with Crippen LogP contribution in [0.15, 0.2) is 23.9 Å². The predicted octanol–water partition coefficient (Wildman–Crippen LogP) is 3.11. The summed E-state index contributed by atoms with van der Waals surface area (Å²) in [5.41, 5.74) is 11.3. The molecule has 22 heavy (non-hydrogen) atoms. The molecule has 134 valence electrons. The van der Waals surface area contributed by atoms with Gasteiger partial charge in [-0.05, 0) is 52.5 Å². The van der Waals surface area contributed by atoms with Gasteiger partial charge in [-0.15, -0.1) is 0 Å². The summed E-state index contributed by atoms with van der Waals surface area (Å²) in [5.74, 6) is 0. The van der Waals surface area contributed by atoms with Gasteiger partial charge in [0.25, 0.3) is 0 Å². The molecule has 4 heteroatoms. The Morgan fingerprint density at radius 2 is 1.59 bits per heavy atom. The normalized spacial score (nSPS) is 15.2. The maximum Gasteiger partial charge on any atom is 0.0567 e. The molecule has 1 aliphatic heterocycles. The largest absolute Gasteiger partial charge is 0.381 e. The average molecular weight is 315 g/mol. The van der Waals surface area contributed by atoms with Gasteiger partial charge in [-0.1, -0.05) is 46.8 Å². The van der Waals surface area contributed by atoms with Crippen LogP contribution in [0.3, 0.4) is 0 Å². The van der Waals surface area contributed by atoms with Gasteiger partial charge in [-0.2, -0.15) is 0 Å². The van der Waals surface area contributed by atoms with Gasteiger partial charge >= 0.3 is 0 Å². The van der Waals surface area contributed by atoms with Crippen molar-refractivity contribution < 1.29 is 0 Å². The molecule has 1 unspecified atom stereocenters. The standard InChI is InChI=1S/C8H14N2.C7H17N.C2H6.CH5N/c1-2-7-4-3-5-8(6-9)10-7;1-4-6-8(3)7-5-2;2*1-2/h3-5,8,10H,2,6,9H2,1H3;4-7H2,1-3H3;1-2H3;2H2,1H3. The lowest BCUT2D eigenvalue weighted by atomic mass is 10.1. The van der Waals surface area contributed by atoms with Crippen LogP contribution in [0.5, 0.6) is 0 Å². The van der Waals surface area contributed by atoms with Crippen LogP contribution < -0.4 is 16.8 Å². The van der Waals surface area contributed by atoms with E-state index in [9.17, 15) is 0 Å². The maximum atomic E-state index is 5.48. The lowest BCUT2D eigenvalue weighted by molar-refractivity contribution is 0.335. The molecule has 0 radical (unpaired) electrons. The summed E-state index contributed by atoms with van der Waals surface area (Å²) < 4.78 is 0. The average Bonchev–Trinajstić information content (AvgIpc) is 2.59. The Labute approximate surface area is 140 Å². The first-order valence-corrected chi connectivity index (χ1v) is 8.78. The van der Waals surface area contributed by atoms with Crippen molar-refractivity contribution in [3.63, 3.8) is 0 Å². The van der Waals surface area contributed by atoms with Gasteiger partial charge in [-0.3, -0.25) is 0 Å². The fraction of sp³-hybridized carbons (Fsp3) is 0.778. The van der Waals surface area contributed by atoms with Crippen LogP contribution in [0.4, 0.5) is 0 Å². The monoisotopic (exact) mass is 314 g/mol. The van der Waals surface area contributed by atoms with Gasteiger partial charge in [0, 0.05) is 12.2 Å². The quantitative estimate of drug-likeness (QED) is 0.705. The fourth-order valence-corrected chi connectivity index (χ4v) is 1.87. The molecule has 0 saturated heterocycles. The van der Waals surface area contributed by atoms with Crippen LogP contribution in [0.1, 0.15) is 53.9 Å². The number of allylic oxidation sites excluding steroid dienone is 3. The van der Waals surface area contributed by atoms with E-state index >= 15 is 0 Å². The second-order valence-electron chi connectivity index (χ2n) is 4.72. The van der Waals surface area contributed by atoms with Gasteiger partial charge in [-0.25, -0.2) is 0 Å². The molecule has 0 aromatic carbocycles. The van der Waals surface area contributed by atoms with Crippen molar-refractivity contribution in [1.29, 1.82) is 0 Å². The Morgan fingerprint density at radius 1 is 1.09 bits per heavy atom. The third-order valence-corrected chi connectivity index (χ3v) is 2.86. The van der Waals surface area contributed by atoms with Crippen molar-refractivity contribution >= 4 is 0 Å². The predicted molar refractivity (Wildman–Crippen MR) is 103 cm³/mol. The summed E-state index contributed by atoms with van der Waals surface area (Å²) in [4.78, 5) is 2.36. The number of nitrogens with one attached hydrogen (secondary N) is 1. The smallest absolute Gasteiger partial charge is 0.0567 e. The van der Waals surface area contributed by atoms with E-state index < -0.39 is 0 Å². The summed E-state index contributed by atoms with van der Waals surface area (Å²) in [6, 6.07) is 0.347. The summed E-state index contributed by atoms with van der Waals surface area (Å²) in [6.07, 6.45) is 9.84. The summed E-state index contributed by atoms with van der Waals surface area (Å²) in [6.45, 7) is 13.7. The van der Waals surface area contributed by atoms with Crippen molar-refractivity contribution in [3.05, 3.63) is 23.9 Å². The maximum absolute atomic E-state index is 5.48. The second-order valence-corrected chi connectivity index (χ2v) is 4.72. The molecule has 1 heterocycles. The molecular weight excluding hydrogens is 272 g/mol. The number of dihydropyridines is 1. The minimum absolute atomic E-state index is 0.347. The van der Waals surface area contributed by atoms with E-state index in [4.69, 9.17) is 5.73 Å². The highest BCUT2D eigenvalue weighted by molar-refractivity contribution is 5.19. The van der Waals surface area contributed by atoms with Crippen LogP contribution in [0.25, 0.3) is 0 Å². The summed E-state index contributed by atoms with van der Waals surface area (Å²) >= 11 is 0. The van der Waals surface area contributed by atoms with Crippen LogP contribution in [-0.2, 0) is 0 Å². The van der Waals surface area contributed by atoms with Gasteiger partial charge < -0.3 is 21.7 Å². The van der Waals surface area contributed by atoms with E-state index in [1.807, 2.05) is 13.8 Å². The highest BCUT2D eigenvalue weighted by atomic mass is 15.1. The Kier molecular flexibility index (Phi) is 26.6. The van der Waals surface area contributed by atoms with Gasteiger partial charge in [0.05, 0.1) is 6.04 Å². The molecule has 1 aliphatic rings. The van der Waals surface area contributed by atoms with E-state index in [2.05, 4.69) is 62.0 Å².